The van der Waals surface area contributed by atoms with Gasteiger partial charge in [0, 0.05) is 18.7 Å². The van der Waals surface area contributed by atoms with Crippen LogP contribution in [0.25, 0.3) is 0 Å². The number of amides is 1. The van der Waals surface area contributed by atoms with Crippen LogP contribution in [0.1, 0.15) is 44.2 Å². The summed E-state index contributed by atoms with van der Waals surface area (Å²) in [5, 5.41) is 2.99. The zero-order valence-electron chi connectivity index (χ0n) is 11.4. The molecular weight excluding hydrogens is 240 g/mol. The van der Waals surface area contributed by atoms with Crippen molar-refractivity contribution < 1.29 is 9.53 Å². The fraction of sp³-hybridized carbons (Fsp3) is 0.533. The number of rotatable bonds is 5. The summed E-state index contributed by atoms with van der Waals surface area (Å²) in [7, 11) is 0. The molecule has 104 valence electrons. The first-order chi connectivity index (χ1) is 9.16. The fourth-order valence-corrected chi connectivity index (χ4v) is 2.46. The standard InChI is InChI=1S/C15H22N2O2/c1-11(13-6-2-3-7-14(13)16)17-15(18)9-8-12-5-4-10-19-12/h2-3,6-7,11-12H,4-5,8-10,16H2,1H3,(H,17,18). The Labute approximate surface area is 114 Å². The molecule has 1 aliphatic heterocycles. The Hall–Kier alpha value is -1.55. The van der Waals surface area contributed by atoms with Crippen LogP contribution >= 0.6 is 0 Å². The Morgan fingerprint density at radius 2 is 2.32 bits per heavy atom. The van der Waals surface area contributed by atoms with Gasteiger partial charge in [-0.3, -0.25) is 4.79 Å². The molecule has 1 fully saturated rings. The predicted octanol–water partition coefficient (Wildman–Crippen LogP) is 2.41. The minimum Gasteiger partial charge on any atom is -0.398 e. The Kier molecular flexibility index (Phi) is 4.80. The lowest BCUT2D eigenvalue weighted by Gasteiger charge is -2.17. The van der Waals surface area contributed by atoms with Crippen LogP contribution in [0.4, 0.5) is 5.69 Å². The third kappa shape index (κ3) is 3.96. The lowest BCUT2D eigenvalue weighted by atomic mass is 10.1. The number of anilines is 1. The van der Waals surface area contributed by atoms with Crippen LogP contribution in [0.2, 0.25) is 0 Å². The van der Waals surface area contributed by atoms with Crippen molar-refractivity contribution >= 4 is 11.6 Å². The summed E-state index contributed by atoms with van der Waals surface area (Å²) < 4.78 is 5.51. The highest BCUT2D eigenvalue weighted by Crippen LogP contribution is 2.20. The summed E-state index contributed by atoms with van der Waals surface area (Å²) >= 11 is 0. The predicted molar refractivity (Wildman–Crippen MR) is 75.6 cm³/mol. The van der Waals surface area contributed by atoms with Crippen molar-refractivity contribution in [1.29, 1.82) is 0 Å². The number of ether oxygens (including phenoxy) is 1. The first kappa shape index (κ1) is 13.9. The van der Waals surface area contributed by atoms with E-state index in [0.717, 1.165) is 37.1 Å². The molecule has 0 bridgehead atoms. The smallest absolute Gasteiger partial charge is 0.220 e. The maximum Gasteiger partial charge on any atom is 0.220 e. The summed E-state index contributed by atoms with van der Waals surface area (Å²) in [6.07, 6.45) is 3.78. The molecule has 4 heteroatoms. The van der Waals surface area contributed by atoms with Crippen molar-refractivity contribution in [1.82, 2.24) is 5.32 Å². The van der Waals surface area contributed by atoms with Crippen LogP contribution in [0, 0.1) is 0 Å². The highest BCUT2D eigenvalue weighted by atomic mass is 16.5. The van der Waals surface area contributed by atoms with Gasteiger partial charge in [0.2, 0.25) is 5.91 Å². The number of para-hydroxylation sites is 1. The summed E-state index contributed by atoms with van der Waals surface area (Å²) in [6.45, 7) is 2.79. The number of nitrogens with two attached hydrogens (primary N) is 1. The Balaban J connectivity index is 1.79. The van der Waals surface area contributed by atoms with Crippen LogP contribution in [0.3, 0.4) is 0 Å². The maximum absolute atomic E-state index is 11.9. The number of carbonyl (C=O) groups excluding carboxylic acids is 1. The van der Waals surface area contributed by atoms with Crippen LogP contribution in [-0.4, -0.2) is 18.6 Å². The van der Waals surface area contributed by atoms with Crippen molar-refractivity contribution in [3.63, 3.8) is 0 Å². The quantitative estimate of drug-likeness (QED) is 0.801. The number of carbonyl (C=O) groups is 1. The van der Waals surface area contributed by atoms with Gasteiger partial charge in [0.25, 0.3) is 0 Å². The Bertz CT molecular complexity index is 428. The van der Waals surface area contributed by atoms with E-state index in [1.165, 1.54) is 0 Å². The van der Waals surface area contributed by atoms with Gasteiger partial charge in [0.15, 0.2) is 0 Å². The molecule has 1 amide bonds. The second-order valence-electron chi connectivity index (χ2n) is 5.09. The minimum absolute atomic E-state index is 0.0572. The maximum atomic E-state index is 11.9. The SMILES string of the molecule is CC(NC(=O)CCC1CCCO1)c1ccccc1N. The summed E-state index contributed by atoms with van der Waals surface area (Å²) in [5.74, 6) is 0.0613. The summed E-state index contributed by atoms with van der Waals surface area (Å²) in [5.41, 5.74) is 7.58. The number of hydrogen-bond donors (Lipinski definition) is 2. The molecule has 2 unspecified atom stereocenters. The lowest BCUT2D eigenvalue weighted by molar-refractivity contribution is -0.122. The van der Waals surface area contributed by atoms with Crippen LogP contribution in [-0.2, 0) is 9.53 Å². The number of nitrogen functional groups attached to an aromatic ring is 1. The highest BCUT2D eigenvalue weighted by molar-refractivity contribution is 5.76. The molecule has 2 rings (SSSR count). The van der Waals surface area contributed by atoms with Crippen LogP contribution in [0.5, 0.6) is 0 Å². The molecule has 0 spiro atoms. The average Bonchev–Trinajstić information content (AvgIpc) is 2.90. The van der Waals surface area contributed by atoms with Crippen molar-refractivity contribution in [2.45, 2.75) is 44.8 Å². The van der Waals surface area contributed by atoms with E-state index in [1.54, 1.807) is 0 Å². The zero-order chi connectivity index (χ0) is 13.7. The molecule has 1 heterocycles. The molecule has 0 aromatic heterocycles. The minimum atomic E-state index is -0.0572. The Morgan fingerprint density at radius 3 is 3.00 bits per heavy atom. The van der Waals surface area contributed by atoms with E-state index in [9.17, 15) is 4.79 Å². The molecule has 1 aliphatic rings. The van der Waals surface area contributed by atoms with Gasteiger partial charge in [-0.15, -0.1) is 0 Å². The van der Waals surface area contributed by atoms with Crippen LogP contribution < -0.4 is 11.1 Å². The normalized spacial score (nSPS) is 20.2. The van der Waals surface area contributed by atoms with Gasteiger partial charge in [0.1, 0.15) is 0 Å². The monoisotopic (exact) mass is 262 g/mol. The van der Waals surface area contributed by atoms with Gasteiger partial charge in [-0.2, -0.15) is 0 Å². The molecule has 3 N–H and O–H groups in total. The number of benzene rings is 1. The van der Waals surface area contributed by atoms with Crippen molar-refractivity contribution in [2.75, 3.05) is 12.3 Å². The van der Waals surface area contributed by atoms with Gasteiger partial charge in [-0.1, -0.05) is 18.2 Å². The van der Waals surface area contributed by atoms with Crippen molar-refractivity contribution in [3.05, 3.63) is 29.8 Å². The molecule has 1 aromatic rings. The molecule has 1 aromatic carbocycles. The molecule has 0 aliphatic carbocycles. The number of hydrogen-bond acceptors (Lipinski definition) is 3. The third-order valence-electron chi connectivity index (χ3n) is 3.56. The van der Waals surface area contributed by atoms with Gasteiger partial charge in [-0.05, 0) is 37.8 Å². The second kappa shape index (κ2) is 6.57. The molecule has 0 radical (unpaired) electrons. The lowest BCUT2D eigenvalue weighted by Crippen LogP contribution is -2.27. The average molecular weight is 262 g/mol. The van der Waals surface area contributed by atoms with E-state index in [4.69, 9.17) is 10.5 Å². The number of nitrogens with one attached hydrogen (secondary N) is 1. The van der Waals surface area contributed by atoms with Gasteiger partial charge in [0.05, 0.1) is 12.1 Å². The van der Waals surface area contributed by atoms with E-state index in [0.29, 0.717) is 6.42 Å². The second-order valence-corrected chi connectivity index (χ2v) is 5.09. The van der Waals surface area contributed by atoms with Gasteiger partial charge >= 0.3 is 0 Å². The van der Waals surface area contributed by atoms with E-state index < -0.39 is 0 Å². The molecule has 2 atom stereocenters. The van der Waals surface area contributed by atoms with Crippen molar-refractivity contribution in [2.24, 2.45) is 0 Å². The first-order valence-electron chi connectivity index (χ1n) is 6.92. The van der Waals surface area contributed by atoms with E-state index in [1.807, 2.05) is 31.2 Å². The summed E-state index contributed by atoms with van der Waals surface area (Å²) in [6, 6.07) is 7.56. The molecule has 19 heavy (non-hydrogen) atoms. The molecule has 0 saturated carbocycles. The fourth-order valence-electron chi connectivity index (χ4n) is 2.46. The van der Waals surface area contributed by atoms with Crippen molar-refractivity contribution in [3.8, 4) is 0 Å². The van der Waals surface area contributed by atoms with E-state index in [2.05, 4.69) is 5.32 Å². The molecular formula is C15H22N2O2. The van der Waals surface area contributed by atoms with E-state index >= 15 is 0 Å². The van der Waals surface area contributed by atoms with Gasteiger partial charge < -0.3 is 15.8 Å². The van der Waals surface area contributed by atoms with Gasteiger partial charge in [-0.25, -0.2) is 0 Å². The third-order valence-corrected chi connectivity index (χ3v) is 3.56. The highest BCUT2D eigenvalue weighted by Gasteiger charge is 2.18. The first-order valence-corrected chi connectivity index (χ1v) is 6.92. The topological polar surface area (TPSA) is 64.3 Å². The van der Waals surface area contributed by atoms with Crippen LogP contribution in [0.15, 0.2) is 24.3 Å². The van der Waals surface area contributed by atoms with E-state index in [-0.39, 0.29) is 18.1 Å². The summed E-state index contributed by atoms with van der Waals surface area (Å²) in [4.78, 5) is 11.9. The zero-order valence-corrected chi connectivity index (χ0v) is 11.4. The molecule has 4 nitrogen and oxygen atoms in total. The largest absolute Gasteiger partial charge is 0.398 e. The molecule has 1 saturated heterocycles. The Morgan fingerprint density at radius 1 is 1.53 bits per heavy atom.